The molecule has 2 atom stereocenters. The van der Waals surface area contributed by atoms with E-state index in [9.17, 15) is 0 Å². The summed E-state index contributed by atoms with van der Waals surface area (Å²) in [7, 11) is 2.18. The van der Waals surface area contributed by atoms with Crippen LogP contribution in [0.15, 0.2) is 12.7 Å². The molecule has 12 heavy (non-hydrogen) atoms. The molecule has 0 radical (unpaired) electrons. The van der Waals surface area contributed by atoms with Crippen LogP contribution in [0.5, 0.6) is 0 Å². The van der Waals surface area contributed by atoms with Crippen LogP contribution in [0, 0.1) is 0 Å². The van der Waals surface area contributed by atoms with Crippen LogP contribution in [0.3, 0.4) is 0 Å². The summed E-state index contributed by atoms with van der Waals surface area (Å²) >= 11 is 0. The van der Waals surface area contributed by atoms with Gasteiger partial charge in [-0.25, -0.2) is 0 Å². The zero-order valence-corrected chi connectivity index (χ0v) is 8.21. The van der Waals surface area contributed by atoms with Gasteiger partial charge in [0.25, 0.3) is 0 Å². The second kappa shape index (κ2) is 4.63. The van der Waals surface area contributed by atoms with Crippen molar-refractivity contribution in [2.24, 2.45) is 0 Å². The average molecular weight is 168 g/mol. The third-order valence-electron chi connectivity index (χ3n) is 2.43. The summed E-state index contributed by atoms with van der Waals surface area (Å²) in [5.41, 5.74) is 0. The Labute approximate surface area is 75.6 Å². The fraction of sp³-hybridized carbons (Fsp3) is 0.800. The Morgan fingerprint density at radius 3 is 3.00 bits per heavy atom. The van der Waals surface area contributed by atoms with E-state index in [-0.39, 0.29) is 0 Å². The second-order valence-corrected chi connectivity index (χ2v) is 3.84. The van der Waals surface area contributed by atoms with Crippen LogP contribution in [0.1, 0.15) is 19.8 Å². The van der Waals surface area contributed by atoms with E-state index in [0.29, 0.717) is 12.1 Å². The standard InChI is InChI=1S/C10H20N2/c1-4-5-9(2)11-10-6-7-12(3)8-10/h4,9-11H,1,5-8H2,2-3H3. The highest BCUT2D eigenvalue weighted by Crippen LogP contribution is 2.07. The first kappa shape index (κ1) is 9.75. The summed E-state index contributed by atoms with van der Waals surface area (Å²) in [5, 5.41) is 3.60. The molecule has 0 saturated carbocycles. The minimum Gasteiger partial charge on any atom is -0.310 e. The molecule has 0 spiro atoms. The van der Waals surface area contributed by atoms with Gasteiger partial charge in [-0.2, -0.15) is 0 Å². The summed E-state index contributed by atoms with van der Waals surface area (Å²) < 4.78 is 0. The Hall–Kier alpha value is -0.340. The van der Waals surface area contributed by atoms with E-state index in [1.807, 2.05) is 6.08 Å². The molecule has 0 amide bonds. The van der Waals surface area contributed by atoms with Gasteiger partial charge in [0.2, 0.25) is 0 Å². The van der Waals surface area contributed by atoms with Gasteiger partial charge in [-0.1, -0.05) is 6.08 Å². The van der Waals surface area contributed by atoms with Crippen molar-refractivity contribution in [1.29, 1.82) is 0 Å². The third-order valence-corrected chi connectivity index (χ3v) is 2.43. The van der Waals surface area contributed by atoms with E-state index in [4.69, 9.17) is 0 Å². The van der Waals surface area contributed by atoms with E-state index in [1.165, 1.54) is 19.5 Å². The van der Waals surface area contributed by atoms with Crippen molar-refractivity contribution in [1.82, 2.24) is 10.2 Å². The molecule has 1 saturated heterocycles. The molecule has 1 aliphatic rings. The number of nitrogens with one attached hydrogen (secondary N) is 1. The normalized spacial score (nSPS) is 27.3. The molecule has 0 aliphatic carbocycles. The Kier molecular flexibility index (Phi) is 3.76. The van der Waals surface area contributed by atoms with E-state index in [2.05, 4.69) is 30.8 Å². The highest BCUT2D eigenvalue weighted by molar-refractivity contribution is 4.83. The molecular formula is C10H20N2. The largest absolute Gasteiger partial charge is 0.310 e. The van der Waals surface area contributed by atoms with Crippen molar-refractivity contribution in [3.8, 4) is 0 Å². The maximum Gasteiger partial charge on any atom is 0.0209 e. The summed E-state index contributed by atoms with van der Waals surface area (Å²) in [6.07, 6.45) is 4.34. The first-order valence-corrected chi connectivity index (χ1v) is 4.78. The predicted octanol–water partition coefficient (Wildman–Crippen LogP) is 1.24. The zero-order valence-electron chi connectivity index (χ0n) is 8.21. The molecule has 0 bridgehead atoms. The second-order valence-electron chi connectivity index (χ2n) is 3.84. The number of nitrogens with zero attached hydrogens (tertiary/aromatic N) is 1. The third kappa shape index (κ3) is 2.95. The molecule has 1 rings (SSSR count). The molecule has 2 heteroatoms. The van der Waals surface area contributed by atoms with Gasteiger partial charge in [0.1, 0.15) is 0 Å². The number of likely N-dealkylation sites (N-methyl/N-ethyl adjacent to an activating group) is 1. The Balaban J connectivity index is 2.18. The smallest absolute Gasteiger partial charge is 0.0209 e. The van der Waals surface area contributed by atoms with E-state index >= 15 is 0 Å². The average Bonchev–Trinajstić information content (AvgIpc) is 2.36. The molecule has 2 nitrogen and oxygen atoms in total. The van der Waals surface area contributed by atoms with Crippen molar-refractivity contribution in [2.75, 3.05) is 20.1 Å². The Bertz CT molecular complexity index is 145. The molecule has 0 aromatic rings. The van der Waals surface area contributed by atoms with Gasteiger partial charge < -0.3 is 10.2 Å². The molecule has 2 unspecified atom stereocenters. The molecule has 1 aliphatic heterocycles. The van der Waals surface area contributed by atoms with Gasteiger partial charge in [-0.05, 0) is 33.4 Å². The van der Waals surface area contributed by atoms with Gasteiger partial charge >= 0.3 is 0 Å². The van der Waals surface area contributed by atoms with Crippen LogP contribution in [0.2, 0.25) is 0 Å². The van der Waals surface area contributed by atoms with Gasteiger partial charge in [0.05, 0.1) is 0 Å². The predicted molar refractivity (Wildman–Crippen MR) is 53.3 cm³/mol. The van der Waals surface area contributed by atoms with Gasteiger partial charge in [-0.3, -0.25) is 0 Å². The summed E-state index contributed by atoms with van der Waals surface area (Å²) in [5.74, 6) is 0. The van der Waals surface area contributed by atoms with Crippen molar-refractivity contribution in [3.63, 3.8) is 0 Å². The van der Waals surface area contributed by atoms with Crippen molar-refractivity contribution >= 4 is 0 Å². The molecule has 0 aromatic heterocycles. The van der Waals surface area contributed by atoms with Crippen molar-refractivity contribution < 1.29 is 0 Å². The first-order chi connectivity index (χ1) is 5.72. The highest BCUT2D eigenvalue weighted by atomic mass is 15.2. The number of rotatable bonds is 4. The molecule has 1 heterocycles. The molecule has 0 aromatic carbocycles. The fourth-order valence-electron chi connectivity index (χ4n) is 1.79. The lowest BCUT2D eigenvalue weighted by Gasteiger charge is -2.17. The summed E-state index contributed by atoms with van der Waals surface area (Å²) in [6.45, 7) is 8.39. The van der Waals surface area contributed by atoms with E-state index in [1.54, 1.807) is 0 Å². The fourth-order valence-corrected chi connectivity index (χ4v) is 1.79. The van der Waals surface area contributed by atoms with Crippen LogP contribution in [0.4, 0.5) is 0 Å². The van der Waals surface area contributed by atoms with Crippen molar-refractivity contribution in [2.45, 2.75) is 31.8 Å². The maximum absolute atomic E-state index is 3.74. The maximum atomic E-state index is 3.74. The quantitative estimate of drug-likeness (QED) is 0.635. The Morgan fingerprint density at radius 2 is 2.50 bits per heavy atom. The van der Waals surface area contributed by atoms with E-state index < -0.39 is 0 Å². The molecular weight excluding hydrogens is 148 g/mol. The van der Waals surface area contributed by atoms with Gasteiger partial charge in [0, 0.05) is 18.6 Å². The van der Waals surface area contributed by atoms with Crippen LogP contribution in [0.25, 0.3) is 0 Å². The molecule has 70 valence electrons. The summed E-state index contributed by atoms with van der Waals surface area (Å²) in [6, 6.07) is 1.28. The summed E-state index contributed by atoms with van der Waals surface area (Å²) in [4.78, 5) is 2.37. The Morgan fingerprint density at radius 1 is 1.75 bits per heavy atom. The number of likely N-dealkylation sites (tertiary alicyclic amines) is 1. The van der Waals surface area contributed by atoms with E-state index in [0.717, 1.165) is 6.42 Å². The number of hydrogen-bond acceptors (Lipinski definition) is 2. The van der Waals surface area contributed by atoms with Crippen molar-refractivity contribution in [3.05, 3.63) is 12.7 Å². The van der Waals surface area contributed by atoms with Crippen LogP contribution in [-0.2, 0) is 0 Å². The molecule has 1 fully saturated rings. The molecule has 1 N–H and O–H groups in total. The van der Waals surface area contributed by atoms with Crippen LogP contribution in [-0.4, -0.2) is 37.1 Å². The minimum atomic E-state index is 0.582. The highest BCUT2D eigenvalue weighted by Gasteiger charge is 2.19. The lowest BCUT2D eigenvalue weighted by atomic mass is 10.2. The SMILES string of the molecule is C=CCC(C)NC1CCN(C)C1. The van der Waals surface area contributed by atoms with Crippen LogP contribution >= 0.6 is 0 Å². The lowest BCUT2D eigenvalue weighted by molar-refractivity contribution is 0.385. The minimum absolute atomic E-state index is 0.582. The van der Waals surface area contributed by atoms with Gasteiger partial charge in [-0.15, -0.1) is 6.58 Å². The first-order valence-electron chi connectivity index (χ1n) is 4.78. The topological polar surface area (TPSA) is 15.3 Å². The van der Waals surface area contributed by atoms with Gasteiger partial charge in [0.15, 0.2) is 0 Å². The zero-order chi connectivity index (χ0) is 8.97. The van der Waals surface area contributed by atoms with Crippen LogP contribution < -0.4 is 5.32 Å². The monoisotopic (exact) mass is 168 g/mol. The lowest BCUT2D eigenvalue weighted by Crippen LogP contribution is -2.37. The number of hydrogen-bond donors (Lipinski definition) is 1.